The number of carbonyl (C=O) groups is 2. The Bertz CT molecular complexity index is 331. The van der Waals surface area contributed by atoms with Crippen molar-refractivity contribution in [2.75, 3.05) is 5.75 Å². The number of nitrogens with zero attached hydrogens (tertiary/aromatic N) is 1. The zero-order valence-electron chi connectivity index (χ0n) is 7.34. The number of thioether (sulfide) groups is 1. The van der Waals surface area contributed by atoms with Gasteiger partial charge in [-0.05, 0) is 5.57 Å². The summed E-state index contributed by atoms with van der Waals surface area (Å²) in [6, 6.07) is -1.43. The molecule has 0 aromatic rings. The summed E-state index contributed by atoms with van der Waals surface area (Å²) >= 11 is 1.47. The smallest absolute Gasteiger partial charge is 0.330 e. The lowest BCUT2D eigenvalue weighted by Gasteiger charge is -2.51. The molecule has 2 fully saturated rings. The van der Waals surface area contributed by atoms with Crippen molar-refractivity contribution >= 4 is 23.6 Å². The fourth-order valence-corrected chi connectivity index (χ4v) is 2.98. The van der Waals surface area contributed by atoms with Gasteiger partial charge in [-0.1, -0.05) is 6.58 Å². The monoisotopic (exact) mass is 214 g/mol. The Morgan fingerprint density at radius 3 is 2.93 bits per heavy atom. The van der Waals surface area contributed by atoms with Crippen molar-refractivity contribution in [3.63, 3.8) is 0 Å². The summed E-state index contributed by atoms with van der Waals surface area (Å²) in [5.41, 5.74) is 6.10. The maximum atomic E-state index is 11.3. The van der Waals surface area contributed by atoms with E-state index in [4.69, 9.17) is 10.8 Å². The van der Waals surface area contributed by atoms with E-state index in [1.165, 1.54) is 16.7 Å². The van der Waals surface area contributed by atoms with Crippen LogP contribution in [0.1, 0.15) is 0 Å². The van der Waals surface area contributed by atoms with Crippen molar-refractivity contribution in [2.45, 2.75) is 17.5 Å². The van der Waals surface area contributed by atoms with Gasteiger partial charge in [0.1, 0.15) is 11.4 Å². The molecule has 2 unspecified atom stereocenters. The first kappa shape index (κ1) is 9.54. The van der Waals surface area contributed by atoms with Gasteiger partial charge in [0.15, 0.2) is 6.04 Å². The zero-order chi connectivity index (χ0) is 10.5. The van der Waals surface area contributed by atoms with Gasteiger partial charge in [0.05, 0.1) is 0 Å². The van der Waals surface area contributed by atoms with Crippen LogP contribution in [-0.4, -0.2) is 45.1 Å². The Labute approximate surface area is 84.9 Å². The highest BCUT2D eigenvalue weighted by molar-refractivity contribution is 8.00. The minimum Gasteiger partial charge on any atom is -0.479 e. The minimum absolute atomic E-state index is 0.186. The first-order chi connectivity index (χ1) is 6.54. The molecule has 0 aromatic carbocycles. The molecule has 76 valence electrons. The van der Waals surface area contributed by atoms with Crippen LogP contribution >= 0.6 is 11.8 Å². The van der Waals surface area contributed by atoms with Gasteiger partial charge in [0, 0.05) is 5.75 Å². The number of carboxylic acids is 1. The van der Waals surface area contributed by atoms with E-state index in [0.717, 1.165) is 0 Å². The molecule has 2 rings (SSSR count). The van der Waals surface area contributed by atoms with Crippen LogP contribution in [0, 0.1) is 0 Å². The molecule has 0 aliphatic carbocycles. The van der Waals surface area contributed by atoms with Crippen LogP contribution < -0.4 is 5.73 Å². The van der Waals surface area contributed by atoms with Gasteiger partial charge in [-0.2, -0.15) is 0 Å². The predicted molar refractivity (Wildman–Crippen MR) is 51.6 cm³/mol. The quantitative estimate of drug-likeness (QED) is 0.442. The van der Waals surface area contributed by atoms with Crippen molar-refractivity contribution in [1.29, 1.82) is 0 Å². The van der Waals surface area contributed by atoms with Gasteiger partial charge < -0.3 is 15.7 Å². The molecule has 14 heavy (non-hydrogen) atoms. The third-order valence-corrected chi connectivity index (χ3v) is 3.86. The summed E-state index contributed by atoms with van der Waals surface area (Å²) in [7, 11) is 0. The van der Waals surface area contributed by atoms with Crippen molar-refractivity contribution in [2.24, 2.45) is 5.73 Å². The number of carboxylic acid groups (broad SMARTS) is 1. The molecule has 2 saturated heterocycles. The first-order valence-electron chi connectivity index (χ1n) is 4.14. The second kappa shape index (κ2) is 2.99. The summed E-state index contributed by atoms with van der Waals surface area (Å²) in [6.45, 7) is 3.66. The molecule has 0 spiro atoms. The van der Waals surface area contributed by atoms with Crippen LogP contribution in [0.15, 0.2) is 12.2 Å². The molecule has 2 heterocycles. The number of fused-ring (bicyclic) bond motifs is 1. The largest absolute Gasteiger partial charge is 0.479 e. The van der Waals surface area contributed by atoms with Crippen LogP contribution in [-0.2, 0) is 9.59 Å². The van der Waals surface area contributed by atoms with Gasteiger partial charge in [-0.25, -0.2) is 4.79 Å². The lowest BCUT2D eigenvalue weighted by molar-refractivity contribution is -0.158. The molecular weight excluding hydrogens is 204 g/mol. The molecule has 2 aliphatic heterocycles. The fourth-order valence-electron chi connectivity index (χ4n) is 1.73. The summed E-state index contributed by atoms with van der Waals surface area (Å²) in [6.07, 6.45) is 0. The maximum absolute atomic E-state index is 11.3. The highest BCUT2D eigenvalue weighted by atomic mass is 32.2. The Balaban J connectivity index is 2.26. The highest BCUT2D eigenvalue weighted by Gasteiger charge is 2.53. The summed E-state index contributed by atoms with van der Waals surface area (Å²) in [4.78, 5) is 23.6. The van der Waals surface area contributed by atoms with Gasteiger partial charge in [0.2, 0.25) is 5.91 Å². The van der Waals surface area contributed by atoms with E-state index >= 15 is 0 Å². The van der Waals surface area contributed by atoms with Gasteiger partial charge >= 0.3 is 5.97 Å². The Morgan fingerprint density at radius 1 is 1.71 bits per heavy atom. The summed E-state index contributed by atoms with van der Waals surface area (Å²) in [5, 5.41) is 8.74. The molecule has 0 saturated carbocycles. The van der Waals surface area contributed by atoms with E-state index in [1.54, 1.807) is 0 Å². The van der Waals surface area contributed by atoms with Gasteiger partial charge in [0.25, 0.3) is 0 Å². The topological polar surface area (TPSA) is 83.6 Å². The molecule has 6 heteroatoms. The Morgan fingerprint density at radius 2 is 2.36 bits per heavy atom. The molecule has 3 atom stereocenters. The lowest BCUT2D eigenvalue weighted by atomic mass is 9.99. The van der Waals surface area contributed by atoms with Crippen LogP contribution in [0.5, 0.6) is 0 Å². The van der Waals surface area contributed by atoms with Gasteiger partial charge in [-0.15, -0.1) is 11.8 Å². The maximum Gasteiger partial charge on any atom is 0.330 e. The third-order valence-electron chi connectivity index (χ3n) is 2.46. The number of hydrogen-bond donors (Lipinski definition) is 2. The number of amides is 1. The molecule has 0 aromatic heterocycles. The molecular formula is C8H10N2O3S. The number of aliphatic carboxylic acids is 1. The molecule has 5 nitrogen and oxygen atoms in total. The van der Waals surface area contributed by atoms with Crippen LogP contribution in [0.3, 0.4) is 0 Å². The second-order valence-corrected chi connectivity index (χ2v) is 4.48. The van der Waals surface area contributed by atoms with Gasteiger partial charge in [-0.3, -0.25) is 4.79 Å². The number of rotatable bonds is 1. The van der Waals surface area contributed by atoms with E-state index in [-0.39, 0.29) is 11.3 Å². The van der Waals surface area contributed by atoms with Crippen molar-refractivity contribution < 1.29 is 14.7 Å². The van der Waals surface area contributed by atoms with Crippen LogP contribution in [0.25, 0.3) is 0 Å². The number of carbonyl (C=O) groups excluding carboxylic acids is 1. The van der Waals surface area contributed by atoms with Crippen molar-refractivity contribution in [3.05, 3.63) is 12.2 Å². The highest BCUT2D eigenvalue weighted by Crippen LogP contribution is 2.38. The molecule has 3 N–H and O–H groups in total. The summed E-state index contributed by atoms with van der Waals surface area (Å²) < 4.78 is 0. The van der Waals surface area contributed by atoms with E-state index < -0.39 is 18.1 Å². The molecule has 0 bridgehead atoms. The second-order valence-electron chi connectivity index (χ2n) is 3.37. The standard InChI is InChI=1S/C8H10N2O3S/c1-3-2-14-7-4(9)6(11)10(7)5(3)8(12)13/h4-5,7H,1-2,9H2,(H,12,13)/t4?,5?,7-/m0/s1. The predicted octanol–water partition coefficient (Wildman–Crippen LogP) is -0.762. The summed E-state index contributed by atoms with van der Waals surface area (Å²) in [5.74, 6) is -0.768. The molecule has 0 radical (unpaired) electrons. The third kappa shape index (κ3) is 1.07. The van der Waals surface area contributed by atoms with Crippen molar-refractivity contribution in [1.82, 2.24) is 4.90 Å². The molecule has 2 aliphatic rings. The number of hydrogen-bond acceptors (Lipinski definition) is 4. The average Bonchev–Trinajstić information content (AvgIpc) is 2.15. The van der Waals surface area contributed by atoms with E-state index in [1.807, 2.05) is 0 Å². The van der Waals surface area contributed by atoms with Crippen LogP contribution in [0.4, 0.5) is 0 Å². The van der Waals surface area contributed by atoms with E-state index in [9.17, 15) is 9.59 Å². The normalized spacial score (nSPS) is 36.4. The van der Waals surface area contributed by atoms with Crippen LogP contribution in [0.2, 0.25) is 0 Å². The van der Waals surface area contributed by atoms with Crippen molar-refractivity contribution in [3.8, 4) is 0 Å². The molecule has 1 amide bonds. The zero-order valence-corrected chi connectivity index (χ0v) is 8.16. The Kier molecular flexibility index (Phi) is 2.04. The lowest BCUT2D eigenvalue weighted by Crippen LogP contribution is -2.73. The first-order valence-corrected chi connectivity index (χ1v) is 5.18. The average molecular weight is 214 g/mol. The van der Waals surface area contributed by atoms with E-state index in [2.05, 4.69) is 6.58 Å². The number of β-lactam (4-membered cyclic amide) rings is 1. The number of nitrogens with two attached hydrogens (primary N) is 1. The van der Waals surface area contributed by atoms with E-state index in [0.29, 0.717) is 11.3 Å². The minimum atomic E-state index is -1.03. The fraction of sp³-hybridized carbons (Fsp3) is 0.500. The Hall–Kier alpha value is -1.01. The SMILES string of the molecule is C=C1CS[C@H]2C(N)C(=O)N2C1C(=O)O.